The van der Waals surface area contributed by atoms with Gasteiger partial charge in [-0.15, -0.1) is 11.3 Å². The van der Waals surface area contributed by atoms with Gasteiger partial charge >= 0.3 is 0 Å². The molecule has 0 fully saturated rings. The molecule has 0 saturated heterocycles. The number of anilines is 1. The third-order valence-corrected chi connectivity index (χ3v) is 3.98. The van der Waals surface area contributed by atoms with E-state index < -0.39 is 0 Å². The van der Waals surface area contributed by atoms with Crippen molar-refractivity contribution in [1.82, 2.24) is 4.98 Å². The lowest BCUT2D eigenvalue weighted by atomic mass is 10.2. The molecule has 2 rings (SSSR count). The Hall–Kier alpha value is -1.46. The zero-order chi connectivity index (χ0) is 13.8. The van der Waals surface area contributed by atoms with Crippen molar-refractivity contribution in [3.63, 3.8) is 0 Å². The number of aromatic nitrogens is 1. The fraction of sp³-hybridized carbons (Fsp3) is 0.357. The van der Waals surface area contributed by atoms with Crippen LogP contribution in [-0.2, 0) is 6.54 Å². The van der Waals surface area contributed by atoms with Crippen LogP contribution in [0, 0.1) is 5.82 Å². The van der Waals surface area contributed by atoms with Crippen LogP contribution in [0.1, 0.15) is 30.6 Å². The first kappa shape index (κ1) is 14.0. The molecule has 0 radical (unpaired) electrons. The van der Waals surface area contributed by atoms with E-state index in [0.717, 1.165) is 17.2 Å². The number of hydrogen-bond acceptors (Lipinski definition) is 4. The summed E-state index contributed by atoms with van der Waals surface area (Å²) >= 11 is 1.55. The van der Waals surface area contributed by atoms with Crippen LogP contribution in [0.2, 0.25) is 0 Å². The molecule has 5 heteroatoms. The van der Waals surface area contributed by atoms with Crippen LogP contribution >= 0.6 is 11.3 Å². The molecular formula is C14H18FN3S. The van der Waals surface area contributed by atoms with Crippen LogP contribution in [0.5, 0.6) is 0 Å². The SMILES string of the molecule is CCN(Cc1csc(C(C)N)n1)c1ccccc1F. The smallest absolute Gasteiger partial charge is 0.146 e. The lowest BCUT2D eigenvalue weighted by Gasteiger charge is -2.22. The lowest BCUT2D eigenvalue weighted by molar-refractivity contribution is 0.617. The van der Waals surface area contributed by atoms with Crippen LogP contribution < -0.4 is 10.6 Å². The van der Waals surface area contributed by atoms with E-state index in [1.165, 1.54) is 6.07 Å². The maximum Gasteiger partial charge on any atom is 0.146 e. The predicted molar refractivity (Wildman–Crippen MR) is 77.8 cm³/mol. The van der Waals surface area contributed by atoms with Gasteiger partial charge in [-0.05, 0) is 26.0 Å². The molecule has 1 aromatic heterocycles. The van der Waals surface area contributed by atoms with Crippen molar-refractivity contribution in [1.29, 1.82) is 0 Å². The van der Waals surface area contributed by atoms with Gasteiger partial charge in [-0.3, -0.25) is 0 Å². The number of rotatable bonds is 5. The Labute approximate surface area is 116 Å². The van der Waals surface area contributed by atoms with E-state index in [-0.39, 0.29) is 11.9 Å². The molecule has 0 aliphatic carbocycles. The molecule has 0 spiro atoms. The largest absolute Gasteiger partial charge is 0.364 e. The Balaban J connectivity index is 2.17. The van der Waals surface area contributed by atoms with E-state index >= 15 is 0 Å². The summed E-state index contributed by atoms with van der Waals surface area (Å²) in [7, 11) is 0. The van der Waals surface area contributed by atoms with E-state index in [9.17, 15) is 4.39 Å². The Kier molecular flexibility index (Phi) is 4.50. The lowest BCUT2D eigenvalue weighted by Crippen LogP contribution is -2.23. The van der Waals surface area contributed by atoms with Gasteiger partial charge in [0, 0.05) is 11.9 Å². The van der Waals surface area contributed by atoms with Crippen molar-refractivity contribution in [2.75, 3.05) is 11.4 Å². The first-order valence-electron chi connectivity index (χ1n) is 6.31. The van der Waals surface area contributed by atoms with Crippen LogP contribution in [0.3, 0.4) is 0 Å². The average molecular weight is 279 g/mol. The van der Waals surface area contributed by atoms with Gasteiger partial charge in [0.15, 0.2) is 0 Å². The third-order valence-electron chi connectivity index (χ3n) is 2.89. The number of hydrogen-bond donors (Lipinski definition) is 1. The second kappa shape index (κ2) is 6.12. The Morgan fingerprint density at radius 2 is 2.16 bits per heavy atom. The highest BCUT2D eigenvalue weighted by Crippen LogP contribution is 2.22. The topological polar surface area (TPSA) is 42.1 Å². The van der Waals surface area contributed by atoms with Crippen LogP contribution in [0.25, 0.3) is 0 Å². The molecule has 0 saturated carbocycles. The fourth-order valence-electron chi connectivity index (χ4n) is 1.88. The molecule has 0 aliphatic rings. The molecule has 1 unspecified atom stereocenters. The molecule has 2 N–H and O–H groups in total. The van der Waals surface area contributed by atoms with Crippen molar-refractivity contribution in [3.8, 4) is 0 Å². The number of benzene rings is 1. The van der Waals surface area contributed by atoms with Gasteiger partial charge in [-0.2, -0.15) is 0 Å². The maximum atomic E-state index is 13.8. The highest BCUT2D eigenvalue weighted by atomic mass is 32.1. The highest BCUT2D eigenvalue weighted by molar-refractivity contribution is 7.09. The Morgan fingerprint density at radius 1 is 1.42 bits per heavy atom. The summed E-state index contributed by atoms with van der Waals surface area (Å²) in [5.41, 5.74) is 7.34. The van der Waals surface area contributed by atoms with E-state index in [1.807, 2.05) is 30.2 Å². The van der Waals surface area contributed by atoms with Crippen LogP contribution in [-0.4, -0.2) is 11.5 Å². The summed E-state index contributed by atoms with van der Waals surface area (Å²) in [6.45, 7) is 5.25. The molecule has 3 nitrogen and oxygen atoms in total. The summed E-state index contributed by atoms with van der Waals surface area (Å²) in [6, 6.07) is 6.76. The Bertz CT molecular complexity index is 539. The summed E-state index contributed by atoms with van der Waals surface area (Å²) in [5.74, 6) is -0.202. The minimum absolute atomic E-state index is 0.0534. The van der Waals surface area contributed by atoms with Gasteiger partial charge in [0.05, 0.1) is 24.0 Å². The summed E-state index contributed by atoms with van der Waals surface area (Å²) < 4.78 is 13.8. The zero-order valence-electron chi connectivity index (χ0n) is 11.1. The second-order valence-corrected chi connectivity index (χ2v) is 5.32. The summed E-state index contributed by atoms with van der Waals surface area (Å²) in [5, 5.41) is 2.90. The average Bonchev–Trinajstić information content (AvgIpc) is 2.86. The normalized spacial score (nSPS) is 12.4. The molecule has 19 heavy (non-hydrogen) atoms. The molecule has 0 aliphatic heterocycles. The van der Waals surface area contributed by atoms with Crippen molar-refractivity contribution in [2.45, 2.75) is 26.4 Å². The van der Waals surface area contributed by atoms with Crippen LogP contribution in [0.4, 0.5) is 10.1 Å². The van der Waals surface area contributed by atoms with Gasteiger partial charge in [0.2, 0.25) is 0 Å². The van der Waals surface area contributed by atoms with Gasteiger partial charge < -0.3 is 10.6 Å². The van der Waals surface area contributed by atoms with Crippen molar-refractivity contribution >= 4 is 17.0 Å². The Morgan fingerprint density at radius 3 is 2.74 bits per heavy atom. The van der Waals surface area contributed by atoms with Gasteiger partial charge in [-0.25, -0.2) is 9.37 Å². The molecular weight excluding hydrogens is 261 g/mol. The number of thiazole rings is 1. The first-order chi connectivity index (χ1) is 9.11. The van der Waals surface area contributed by atoms with Crippen LogP contribution in [0.15, 0.2) is 29.6 Å². The maximum absolute atomic E-state index is 13.8. The minimum Gasteiger partial charge on any atom is -0.364 e. The van der Waals surface area contributed by atoms with E-state index in [1.54, 1.807) is 23.5 Å². The number of nitrogens with two attached hydrogens (primary N) is 1. The standard InChI is InChI=1S/C14H18FN3S/c1-3-18(13-7-5-4-6-12(13)15)8-11-9-19-14(17-11)10(2)16/h4-7,9-10H,3,8,16H2,1-2H3. The first-order valence-corrected chi connectivity index (χ1v) is 7.19. The third kappa shape index (κ3) is 3.30. The van der Waals surface area contributed by atoms with E-state index in [4.69, 9.17) is 5.73 Å². The predicted octanol–water partition coefficient (Wildman–Crippen LogP) is 3.33. The van der Waals surface area contributed by atoms with Gasteiger partial charge in [0.1, 0.15) is 10.8 Å². The molecule has 1 atom stereocenters. The monoisotopic (exact) mass is 279 g/mol. The van der Waals surface area contributed by atoms with Crippen molar-refractivity contribution in [3.05, 3.63) is 46.2 Å². The second-order valence-electron chi connectivity index (χ2n) is 4.43. The zero-order valence-corrected chi connectivity index (χ0v) is 12.0. The summed E-state index contributed by atoms with van der Waals surface area (Å²) in [4.78, 5) is 6.45. The number of para-hydroxylation sites is 1. The minimum atomic E-state index is -0.202. The molecule has 1 aromatic carbocycles. The quantitative estimate of drug-likeness (QED) is 0.913. The molecule has 0 amide bonds. The highest BCUT2D eigenvalue weighted by Gasteiger charge is 2.12. The number of nitrogens with zero attached hydrogens (tertiary/aromatic N) is 2. The van der Waals surface area contributed by atoms with Crippen molar-refractivity contribution in [2.24, 2.45) is 5.73 Å². The fourth-order valence-corrected chi connectivity index (χ4v) is 2.64. The molecule has 0 bridgehead atoms. The summed E-state index contributed by atoms with van der Waals surface area (Å²) in [6.07, 6.45) is 0. The van der Waals surface area contributed by atoms with E-state index in [2.05, 4.69) is 4.98 Å². The van der Waals surface area contributed by atoms with Gasteiger partial charge in [0.25, 0.3) is 0 Å². The molecule has 102 valence electrons. The van der Waals surface area contributed by atoms with E-state index in [0.29, 0.717) is 12.2 Å². The van der Waals surface area contributed by atoms with Gasteiger partial charge in [-0.1, -0.05) is 12.1 Å². The number of halogens is 1. The van der Waals surface area contributed by atoms with Crippen molar-refractivity contribution < 1.29 is 4.39 Å². The molecule has 1 heterocycles. The molecule has 2 aromatic rings.